The summed E-state index contributed by atoms with van der Waals surface area (Å²) in [5.74, 6) is -5.65. The highest BCUT2D eigenvalue weighted by Gasteiger charge is 2.75. The average molecular weight is 645 g/mol. The predicted molar refractivity (Wildman–Crippen MR) is 110 cm³/mol. The maximum Gasteiger partial charge on any atom is 0.431 e. The highest BCUT2D eigenvalue weighted by molar-refractivity contribution is 7.89. The molecule has 0 amide bonds. The van der Waals surface area contributed by atoms with E-state index in [1.165, 1.54) is 14.1 Å². The Hall–Kier alpha value is -1.64. The molecule has 0 aliphatic carbocycles. The van der Waals surface area contributed by atoms with Gasteiger partial charge in [-0.15, -0.1) is 0 Å². The maximum absolute atomic E-state index is 14.2. The molecule has 6 nitrogen and oxygen atoms in total. The summed E-state index contributed by atoms with van der Waals surface area (Å²) in [5.41, 5.74) is -12.7. The van der Waals surface area contributed by atoms with Gasteiger partial charge in [-0.1, -0.05) is 0 Å². The van der Waals surface area contributed by atoms with Gasteiger partial charge in [-0.3, -0.25) is 0 Å². The molecule has 0 radical (unpaired) electrons. The van der Waals surface area contributed by atoms with E-state index in [4.69, 9.17) is 5.11 Å². The van der Waals surface area contributed by atoms with Crippen molar-refractivity contribution in [3.8, 4) is 0 Å². The van der Waals surface area contributed by atoms with Gasteiger partial charge in [-0.25, -0.2) is 26.7 Å². The quantitative estimate of drug-likeness (QED) is 0.144. The van der Waals surface area contributed by atoms with Crippen LogP contribution in [0.3, 0.4) is 0 Å². The number of rotatable bonds is 15. The summed E-state index contributed by atoms with van der Waals surface area (Å²) >= 11 is 0. The second kappa shape index (κ2) is 12.7. The summed E-state index contributed by atoms with van der Waals surface area (Å²) in [6, 6.07) is 0. The Bertz CT molecular complexity index is 875. The molecule has 0 bridgehead atoms. The lowest BCUT2D eigenvalue weighted by atomic mass is 9.80. The number of nitrogens with zero attached hydrogens (tertiary/aromatic N) is 1. The molecule has 240 valence electrons. The van der Waals surface area contributed by atoms with Crippen molar-refractivity contribution in [1.82, 2.24) is 4.72 Å². The molecule has 0 heterocycles. The number of halogens is 14. The van der Waals surface area contributed by atoms with Crippen LogP contribution in [0.4, 0.5) is 61.5 Å². The second-order valence-electron chi connectivity index (χ2n) is 9.79. The van der Waals surface area contributed by atoms with E-state index in [-0.39, 0.29) is 30.5 Å². The van der Waals surface area contributed by atoms with Gasteiger partial charge in [0.25, 0.3) is 11.3 Å². The number of nitrogens with one attached hydrogen (secondary N) is 1. The van der Waals surface area contributed by atoms with Crippen molar-refractivity contribution in [3.63, 3.8) is 0 Å². The molecule has 0 aromatic rings. The fraction of sp³-hybridized carbons (Fsp3) is 0.947. The molecule has 40 heavy (non-hydrogen) atoms. The first-order chi connectivity index (χ1) is 17.4. The van der Waals surface area contributed by atoms with Crippen molar-refractivity contribution in [2.24, 2.45) is 5.92 Å². The van der Waals surface area contributed by atoms with Crippen LogP contribution < -0.4 is 4.72 Å². The highest BCUT2D eigenvalue weighted by atomic mass is 32.2. The normalized spacial score (nSPS) is 15.1. The summed E-state index contributed by atoms with van der Waals surface area (Å²) in [6.45, 7) is -0.637. The molecular formula is C19H27F14N2O4S+. The number of sulfonamides is 1. The molecule has 0 rings (SSSR count). The highest BCUT2D eigenvalue weighted by Crippen LogP contribution is 2.55. The standard InChI is InChI=1S/C19H26F14N2O4S/c1-35(2,11-13(36)37)7-4-6-34-40(38,39)8-3-5-12(9-14(20,16(22,23)24)17(25,26)27)10-15(21,18(28,29)30)19(31,32)33/h12,34H,3-11H2,1-2H3/p+1. The minimum Gasteiger partial charge on any atom is -0.477 e. The zero-order valence-electron chi connectivity index (χ0n) is 20.8. The van der Waals surface area contributed by atoms with E-state index in [1.807, 2.05) is 4.72 Å². The SMILES string of the molecule is C[N+](C)(CCCNS(=O)(=O)CCCC(CC(F)(C(F)(F)F)C(F)(F)F)CC(F)(C(F)(F)F)C(F)(F)F)CC(=O)O. The van der Waals surface area contributed by atoms with Crippen LogP contribution in [0, 0.1) is 5.92 Å². The van der Waals surface area contributed by atoms with E-state index >= 15 is 0 Å². The molecule has 0 aliphatic heterocycles. The third-order valence-electron chi connectivity index (χ3n) is 5.79. The predicted octanol–water partition coefficient (Wildman–Crippen LogP) is 5.30. The molecule has 0 saturated heterocycles. The Morgan fingerprint density at radius 3 is 1.45 bits per heavy atom. The molecular weight excluding hydrogens is 618 g/mol. The van der Waals surface area contributed by atoms with Crippen molar-refractivity contribution in [2.45, 2.75) is 68.1 Å². The molecule has 2 N–H and O–H groups in total. The van der Waals surface area contributed by atoms with E-state index in [0.717, 1.165) is 0 Å². The minimum atomic E-state index is -6.88. The topological polar surface area (TPSA) is 83.5 Å². The van der Waals surface area contributed by atoms with Crippen LogP contribution in [0.5, 0.6) is 0 Å². The summed E-state index contributed by atoms with van der Waals surface area (Å²) < 4.78 is 209. The first kappa shape index (κ1) is 38.4. The number of carbonyl (C=O) groups is 1. The average Bonchev–Trinajstić information content (AvgIpc) is 2.66. The number of hydrogen-bond donors (Lipinski definition) is 2. The van der Waals surface area contributed by atoms with Crippen molar-refractivity contribution in [3.05, 3.63) is 0 Å². The zero-order valence-corrected chi connectivity index (χ0v) is 21.6. The minimum absolute atomic E-state index is 0.00517. The second-order valence-corrected chi connectivity index (χ2v) is 11.7. The van der Waals surface area contributed by atoms with Crippen molar-refractivity contribution in [2.75, 3.05) is 39.5 Å². The lowest BCUT2D eigenvalue weighted by molar-refractivity contribution is -0.883. The van der Waals surface area contributed by atoms with Gasteiger partial charge in [-0.2, -0.15) is 52.7 Å². The summed E-state index contributed by atoms with van der Waals surface area (Å²) in [5, 5.41) is 8.77. The summed E-state index contributed by atoms with van der Waals surface area (Å²) in [6.07, 6.45) is -36.5. The van der Waals surface area contributed by atoms with E-state index in [1.54, 1.807) is 0 Å². The van der Waals surface area contributed by atoms with Crippen LogP contribution in [-0.2, 0) is 14.8 Å². The van der Waals surface area contributed by atoms with Crippen molar-refractivity contribution >= 4 is 16.0 Å². The Kier molecular flexibility index (Phi) is 12.2. The van der Waals surface area contributed by atoms with E-state index in [0.29, 0.717) is 0 Å². The van der Waals surface area contributed by atoms with Crippen LogP contribution >= 0.6 is 0 Å². The molecule has 0 aliphatic rings. The van der Waals surface area contributed by atoms with Crippen molar-refractivity contribution < 1.29 is 84.3 Å². The number of hydrogen-bond acceptors (Lipinski definition) is 3. The number of alkyl halides is 14. The lowest BCUT2D eigenvalue weighted by Crippen LogP contribution is -2.57. The Labute approximate surface area is 219 Å². The maximum atomic E-state index is 14.2. The first-order valence-corrected chi connectivity index (χ1v) is 12.7. The summed E-state index contributed by atoms with van der Waals surface area (Å²) in [7, 11) is -1.52. The Morgan fingerprint density at radius 2 is 1.12 bits per heavy atom. The molecule has 0 spiro atoms. The number of carboxylic acids is 1. The van der Waals surface area contributed by atoms with Gasteiger partial charge < -0.3 is 9.59 Å². The van der Waals surface area contributed by atoms with Gasteiger partial charge in [0.15, 0.2) is 6.54 Å². The summed E-state index contributed by atoms with van der Waals surface area (Å²) in [4.78, 5) is 10.7. The zero-order chi connectivity index (χ0) is 32.2. The van der Waals surface area contributed by atoms with Crippen LogP contribution in [0.15, 0.2) is 0 Å². The molecule has 0 saturated carbocycles. The monoisotopic (exact) mass is 645 g/mol. The van der Waals surface area contributed by atoms with E-state index in [2.05, 4.69) is 0 Å². The fourth-order valence-corrected chi connectivity index (χ4v) is 4.82. The van der Waals surface area contributed by atoms with Gasteiger partial charge in [0.1, 0.15) is 0 Å². The number of likely N-dealkylation sites (N-methyl/N-ethyl adjacent to an activating group) is 1. The van der Waals surface area contributed by atoms with Crippen LogP contribution in [0.25, 0.3) is 0 Å². The third-order valence-corrected chi connectivity index (χ3v) is 7.26. The molecule has 0 aromatic carbocycles. The van der Waals surface area contributed by atoms with Crippen LogP contribution in [0.1, 0.15) is 32.1 Å². The van der Waals surface area contributed by atoms with E-state index in [9.17, 15) is 74.7 Å². The van der Waals surface area contributed by atoms with Crippen molar-refractivity contribution in [1.29, 1.82) is 0 Å². The fourth-order valence-electron chi connectivity index (χ4n) is 3.67. The van der Waals surface area contributed by atoms with Crippen LogP contribution in [-0.4, -0.2) is 99.5 Å². The van der Waals surface area contributed by atoms with Gasteiger partial charge in [0, 0.05) is 25.8 Å². The third kappa shape index (κ3) is 10.6. The number of carboxylic acid groups (broad SMARTS) is 1. The Morgan fingerprint density at radius 1 is 0.750 bits per heavy atom. The molecule has 0 atom stereocenters. The Balaban J connectivity index is 5.80. The molecule has 0 unspecified atom stereocenters. The lowest BCUT2D eigenvalue weighted by Gasteiger charge is -2.37. The van der Waals surface area contributed by atoms with Gasteiger partial charge in [-0.05, 0) is 18.8 Å². The first-order valence-electron chi connectivity index (χ1n) is 11.1. The molecule has 0 aromatic heterocycles. The molecule has 0 fully saturated rings. The number of aliphatic carboxylic acids is 1. The molecule has 21 heteroatoms. The van der Waals surface area contributed by atoms with E-state index < -0.39 is 89.4 Å². The van der Waals surface area contributed by atoms with Gasteiger partial charge in [0.2, 0.25) is 10.0 Å². The van der Waals surface area contributed by atoms with Gasteiger partial charge in [0.05, 0.1) is 26.4 Å². The van der Waals surface area contributed by atoms with Gasteiger partial charge >= 0.3 is 30.7 Å². The van der Waals surface area contributed by atoms with Crippen LogP contribution in [0.2, 0.25) is 0 Å². The number of quaternary nitrogens is 1. The smallest absolute Gasteiger partial charge is 0.431 e. The largest absolute Gasteiger partial charge is 0.477 e.